The van der Waals surface area contributed by atoms with Crippen LogP contribution in [-0.2, 0) is 9.59 Å². The molecule has 0 aliphatic carbocycles. The summed E-state index contributed by atoms with van der Waals surface area (Å²) in [6, 6.07) is 0. The van der Waals surface area contributed by atoms with Gasteiger partial charge in [-0.15, -0.1) is 0 Å². The highest BCUT2D eigenvalue weighted by molar-refractivity contribution is 8.19. The van der Waals surface area contributed by atoms with E-state index in [1.54, 1.807) is 5.62 Å². The number of carbonyl (C=O) groups is 1. The van der Waals surface area contributed by atoms with E-state index in [0.29, 0.717) is 11.7 Å². The minimum absolute atomic E-state index is 0.0841. The normalized spacial score (nSPS) is 13.0. The second-order valence-corrected chi connectivity index (χ2v) is 5.14. The van der Waals surface area contributed by atoms with Crippen molar-refractivity contribution in [2.24, 2.45) is 0 Å². The lowest BCUT2D eigenvalue weighted by atomic mass is 10.4. The van der Waals surface area contributed by atoms with Gasteiger partial charge in [0.05, 0.1) is 5.25 Å². The van der Waals surface area contributed by atoms with Crippen LogP contribution < -0.4 is 0 Å². The van der Waals surface area contributed by atoms with Gasteiger partial charge in [-0.2, -0.15) is 0 Å². The van der Waals surface area contributed by atoms with Crippen molar-refractivity contribution in [3.63, 3.8) is 0 Å². The lowest BCUT2D eigenvalue weighted by molar-refractivity contribution is -0.110. The molecule has 2 nitrogen and oxygen atoms in total. The van der Waals surface area contributed by atoms with Crippen molar-refractivity contribution >= 4 is 34.3 Å². The molecule has 0 bridgehead atoms. The number of carbonyl (C=O) groups excluding carboxylic acids is 2. The van der Waals surface area contributed by atoms with Crippen molar-refractivity contribution in [3.05, 3.63) is 0 Å². The van der Waals surface area contributed by atoms with Gasteiger partial charge in [-0.25, -0.2) is 0 Å². The maximum absolute atomic E-state index is 11.3. The van der Waals surface area contributed by atoms with Gasteiger partial charge in [-0.3, -0.25) is 9.59 Å². The molecule has 1 atom stereocenters. The first-order valence-electron chi connectivity index (χ1n) is 3.85. The highest BCUT2D eigenvalue weighted by atomic mass is 32.2. The van der Waals surface area contributed by atoms with Crippen molar-refractivity contribution in [1.82, 2.24) is 0 Å². The molecule has 0 aromatic heterocycles. The zero-order chi connectivity index (χ0) is 9.56. The molecular weight excluding hydrogens is 192 g/mol. The summed E-state index contributed by atoms with van der Waals surface area (Å²) in [5, 5.41) is 0.162. The Morgan fingerprint density at radius 1 is 1.50 bits per heavy atom. The van der Waals surface area contributed by atoms with Crippen LogP contribution in [0.4, 0.5) is 0 Å². The molecule has 0 spiro atoms. The summed E-state index contributed by atoms with van der Waals surface area (Å²) < 4.78 is 0. The largest absolute Gasteiger partial charge is 0.286 e. The van der Waals surface area contributed by atoms with Crippen LogP contribution in [0.1, 0.15) is 27.2 Å². The molecule has 12 heavy (non-hydrogen) atoms. The lowest BCUT2D eigenvalue weighted by Gasteiger charge is -2.09. The highest BCUT2D eigenvalue weighted by Crippen LogP contribution is 2.22. The Balaban J connectivity index is 3.93. The predicted octanol–water partition coefficient (Wildman–Crippen LogP) is 2.23. The van der Waals surface area contributed by atoms with Crippen molar-refractivity contribution in [3.8, 4) is 0 Å². The van der Waals surface area contributed by atoms with Gasteiger partial charge in [0.15, 0.2) is 0 Å². The summed E-state index contributed by atoms with van der Waals surface area (Å²) >= 11 is 2.24. The van der Waals surface area contributed by atoms with E-state index in [9.17, 15) is 9.59 Å². The third kappa shape index (κ3) is 4.83. The molecule has 0 saturated carbocycles. The number of hydrogen-bond donors (Lipinski definition) is 0. The Hall–Kier alpha value is 0.0400. The third-order valence-electron chi connectivity index (χ3n) is 1.18. The molecule has 0 fully saturated rings. The second-order valence-electron chi connectivity index (χ2n) is 2.58. The van der Waals surface area contributed by atoms with E-state index >= 15 is 0 Å². The van der Waals surface area contributed by atoms with E-state index in [4.69, 9.17) is 0 Å². The lowest BCUT2D eigenvalue weighted by Crippen LogP contribution is -2.14. The maximum Gasteiger partial charge on any atom is 0.266 e. The number of rotatable bonds is 5. The minimum Gasteiger partial charge on any atom is -0.286 e. The van der Waals surface area contributed by atoms with E-state index in [1.165, 1.54) is 11.8 Å². The Morgan fingerprint density at radius 2 is 2.08 bits per heavy atom. The maximum atomic E-state index is 11.3. The fourth-order valence-electron chi connectivity index (χ4n) is 0.664. The molecule has 69 valence electrons. The first kappa shape index (κ1) is 12.0. The standard InChI is InChI=1S/C8H13O2S2/c1-4-7(11-5-9)8(10)12-6(2)3/h6-7H,4H2,1-3H3. The Bertz CT molecular complexity index is 157. The number of hydrogen-bond acceptors (Lipinski definition) is 4. The highest BCUT2D eigenvalue weighted by Gasteiger charge is 2.18. The molecule has 0 aliphatic rings. The number of thioether (sulfide) groups is 2. The molecule has 1 radical (unpaired) electrons. The summed E-state index contributed by atoms with van der Waals surface area (Å²) in [6.45, 7) is 5.82. The van der Waals surface area contributed by atoms with Gasteiger partial charge in [0.25, 0.3) is 5.62 Å². The Morgan fingerprint density at radius 3 is 2.42 bits per heavy atom. The van der Waals surface area contributed by atoms with Crippen LogP contribution >= 0.6 is 23.5 Å². The van der Waals surface area contributed by atoms with Crippen LogP contribution in [0.5, 0.6) is 0 Å². The first-order valence-corrected chi connectivity index (χ1v) is 5.61. The summed E-state index contributed by atoms with van der Waals surface area (Å²) in [5.74, 6) is 0. The third-order valence-corrected chi connectivity index (χ3v) is 3.24. The van der Waals surface area contributed by atoms with E-state index in [-0.39, 0.29) is 10.4 Å². The topological polar surface area (TPSA) is 34.1 Å². The molecule has 0 N–H and O–H groups in total. The van der Waals surface area contributed by atoms with Gasteiger partial charge in [0.1, 0.15) is 0 Å². The van der Waals surface area contributed by atoms with Gasteiger partial charge in [-0.1, -0.05) is 44.3 Å². The summed E-state index contributed by atoms with van der Waals surface area (Å²) in [4.78, 5) is 21.4. The van der Waals surface area contributed by atoms with Gasteiger partial charge >= 0.3 is 0 Å². The van der Waals surface area contributed by atoms with E-state index < -0.39 is 0 Å². The van der Waals surface area contributed by atoms with Crippen LogP contribution in [0.2, 0.25) is 0 Å². The average molecular weight is 205 g/mol. The van der Waals surface area contributed by atoms with Crippen LogP contribution in [-0.4, -0.2) is 21.2 Å². The van der Waals surface area contributed by atoms with Crippen LogP contribution in [0.3, 0.4) is 0 Å². The average Bonchev–Trinajstić information content (AvgIpc) is 1.98. The monoisotopic (exact) mass is 205 g/mol. The van der Waals surface area contributed by atoms with E-state index in [2.05, 4.69) is 0 Å². The van der Waals surface area contributed by atoms with Gasteiger partial charge in [0, 0.05) is 5.25 Å². The van der Waals surface area contributed by atoms with Gasteiger partial charge in [-0.05, 0) is 6.42 Å². The fourth-order valence-corrected chi connectivity index (χ4v) is 2.14. The summed E-state index contributed by atoms with van der Waals surface area (Å²) in [6.07, 6.45) is 0.693. The Labute approximate surface area is 81.9 Å². The molecule has 0 rings (SSSR count). The van der Waals surface area contributed by atoms with Crippen molar-refractivity contribution in [2.75, 3.05) is 0 Å². The van der Waals surface area contributed by atoms with E-state index in [1.807, 2.05) is 20.8 Å². The van der Waals surface area contributed by atoms with Gasteiger partial charge < -0.3 is 0 Å². The van der Waals surface area contributed by atoms with Crippen LogP contribution in [0.15, 0.2) is 0 Å². The van der Waals surface area contributed by atoms with Crippen molar-refractivity contribution < 1.29 is 9.59 Å². The second kappa shape index (κ2) is 6.54. The molecule has 1 unspecified atom stereocenters. The van der Waals surface area contributed by atoms with Crippen LogP contribution in [0.25, 0.3) is 0 Å². The molecule has 0 amide bonds. The smallest absolute Gasteiger partial charge is 0.266 e. The molecule has 0 aromatic carbocycles. The quantitative estimate of drug-likeness (QED) is 0.689. The fraction of sp³-hybridized carbons (Fsp3) is 0.750. The molecule has 0 heterocycles. The summed E-state index contributed by atoms with van der Waals surface area (Å²) in [7, 11) is 0. The zero-order valence-corrected chi connectivity index (χ0v) is 9.13. The summed E-state index contributed by atoms with van der Waals surface area (Å²) in [5.41, 5.74) is 1.71. The first-order chi connectivity index (χ1) is 5.61. The molecule has 4 heteroatoms. The Kier molecular flexibility index (Phi) is 6.57. The molecule has 0 aliphatic heterocycles. The SMILES string of the molecule is CCC(S[C]=O)C(=O)SC(C)C. The van der Waals surface area contributed by atoms with E-state index in [0.717, 1.165) is 11.8 Å². The van der Waals surface area contributed by atoms with Crippen molar-refractivity contribution in [1.29, 1.82) is 0 Å². The van der Waals surface area contributed by atoms with Crippen molar-refractivity contribution in [2.45, 2.75) is 37.7 Å². The molecule has 0 aromatic rings. The van der Waals surface area contributed by atoms with Gasteiger partial charge in [0.2, 0.25) is 5.12 Å². The predicted molar refractivity (Wildman–Crippen MR) is 55.1 cm³/mol. The molecule has 0 saturated heterocycles. The van der Waals surface area contributed by atoms with Crippen LogP contribution in [0, 0.1) is 0 Å². The zero-order valence-electron chi connectivity index (χ0n) is 7.49. The minimum atomic E-state index is -0.213. The molecular formula is C8H13O2S2.